The third-order valence-corrected chi connectivity index (χ3v) is 7.63. The van der Waals surface area contributed by atoms with Crippen LogP contribution in [0.4, 0.5) is 0 Å². The summed E-state index contributed by atoms with van der Waals surface area (Å²) in [6, 6.07) is 9.81. The molecule has 0 spiro atoms. The maximum absolute atomic E-state index is 12.4. The van der Waals surface area contributed by atoms with Crippen molar-refractivity contribution in [1.82, 2.24) is 14.9 Å². The quantitative estimate of drug-likeness (QED) is 0.442. The molecule has 1 aromatic carbocycles. The van der Waals surface area contributed by atoms with Crippen molar-refractivity contribution in [3.63, 3.8) is 0 Å². The molecule has 3 rings (SSSR count). The van der Waals surface area contributed by atoms with Crippen molar-refractivity contribution in [2.75, 3.05) is 20.6 Å². The Morgan fingerprint density at radius 3 is 2.38 bits per heavy atom. The Hall–Kier alpha value is -2.42. The van der Waals surface area contributed by atoms with E-state index in [0.717, 1.165) is 18.4 Å². The summed E-state index contributed by atoms with van der Waals surface area (Å²) in [5.74, 6) is 0.395. The van der Waals surface area contributed by atoms with Gasteiger partial charge in [-0.05, 0) is 62.8 Å². The lowest BCUT2D eigenvalue weighted by Gasteiger charge is -2.39. The number of furan rings is 1. The van der Waals surface area contributed by atoms with E-state index in [2.05, 4.69) is 29.0 Å². The summed E-state index contributed by atoms with van der Waals surface area (Å²) in [5.41, 5.74) is 0.764. The molecule has 0 unspecified atom stereocenters. The van der Waals surface area contributed by atoms with Crippen molar-refractivity contribution >= 4 is 22.0 Å². The molecular weight excluding hydrogens is 426 g/mol. The minimum Gasteiger partial charge on any atom is -0.468 e. The summed E-state index contributed by atoms with van der Waals surface area (Å²) in [6.45, 7) is 0.716. The highest BCUT2D eigenvalue weighted by molar-refractivity contribution is 7.89. The van der Waals surface area contributed by atoms with Gasteiger partial charge in [-0.25, -0.2) is 13.1 Å². The molecule has 8 heteroatoms. The lowest BCUT2D eigenvalue weighted by Crippen LogP contribution is -2.52. The van der Waals surface area contributed by atoms with Gasteiger partial charge >= 0.3 is 0 Å². The SMILES string of the molecule is CN(C)C1(CNC(=O)C=Cc2ccc(S(=O)(=O)NCc3ccco3)cc2)CCCCCC1. The molecule has 2 aromatic rings. The molecule has 1 aliphatic rings. The number of carbonyl (C=O) groups excluding carboxylic acids is 1. The van der Waals surface area contributed by atoms with Crippen LogP contribution in [0.3, 0.4) is 0 Å². The van der Waals surface area contributed by atoms with Crippen molar-refractivity contribution in [1.29, 1.82) is 0 Å². The van der Waals surface area contributed by atoms with Crippen LogP contribution in [0.5, 0.6) is 0 Å². The molecule has 32 heavy (non-hydrogen) atoms. The summed E-state index contributed by atoms with van der Waals surface area (Å²) in [4.78, 5) is 14.8. The molecular formula is C24H33N3O4S. The zero-order valence-corrected chi connectivity index (χ0v) is 19.7. The van der Waals surface area contributed by atoms with Crippen LogP contribution in [-0.2, 0) is 21.4 Å². The third kappa shape index (κ3) is 6.54. The highest BCUT2D eigenvalue weighted by Gasteiger charge is 2.33. The molecule has 7 nitrogen and oxygen atoms in total. The first kappa shape index (κ1) is 24.2. The average Bonchev–Trinajstić information content (AvgIpc) is 3.19. The van der Waals surface area contributed by atoms with Crippen LogP contribution < -0.4 is 10.0 Å². The maximum Gasteiger partial charge on any atom is 0.244 e. The number of hydrogen-bond donors (Lipinski definition) is 2. The van der Waals surface area contributed by atoms with E-state index in [1.165, 1.54) is 50.2 Å². The second-order valence-electron chi connectivity index (χ2n) is 8.56. The summed E-state index contributed by atoms with van der Waals surface area (Å²) in [5, 5.41) is 3.06. The van der Waals surface area contributed by atoms with E-state index in [0.29, 0.717) is 12.3 Å². The average molecular weight is 460 g/mol. The third-order valence-electron chi connectivity index (χ3n) is 6.21. The van der Waals surface area contributed by atoms with Crippen molar-refractivity contribution in [2.24, 2.45) is 0 Å². The molecule has 0 bridgehead atoms. The number of amides is 1. The standard InChI is InChI=1S/C24H33N3O4S/c1-27(2)24(15-5-3-4-6-16-24)19-25-23(28)14-11-20-9-12-22(13-10-20)32(29,30)26-18-21-8-7-17-31-21/h7-14,17,26H,3-6,15-16,18-19H2,1-2H3,(H,25,28). The van der Waals surface area contributed by atoms with Gasteiger partial charge in [-0.1, -0.05) is 37.8 Å². The van der Waals surface area contributed by atoms with Gasteiger partial charge in [0.05, 0.1) is 17.7 Å². The van der Waals surface area contributed by atoms with E-state index in [1.807, 2.05) is 0 Å². The molecule has 1 aromatic heterocycles. The second-order valence-corrected chi connectivity index (χ2v) is 10.3. The van der Waals surface area contributed by atoms with E-state index in [4.69, 9.17) is 4.42 Å². The van der Waals surface area contributed by atoms with Gasteiger partial charge < -0.3 is 14.6 Å². The second kappa shape index (κ2) is 10.9. The van der Waals surface area contributed by atoms with Gasteiger partial charge in [0, 0.05) is 18.2 Å². The number of likely N-dealkylation sites (N-methyl/N-ethyl adjacent to an activating group) is 1. The minimum atomic E-state index is -3.64. The number of nitrogens with zero attached hydrogens (tertiary/aromatic N) is 1. The van der Waals surface area contributed by atoms with Gasteiger partial charge in [-0.2, -0.15) is 0 Å². The predicted octanol–water partition coefficient (Wildman–Crippen LogP) is 3.54. The zero-order valence-electron chi connectivity index (χ0n) is 18.8. The lowest BCUT2D eigenvalue weighted by molar-refractivity contribution is -0.117. The van der Waals surface area contributed by atoms with Crippen LogP contribution in [0, 0.1) is 0 Å². The molecule has 1 heterocycles. The van der Waals surface area contributed by atoms with E-state index in [-0.39, 0.29) is 22.9 Å². The first-order valence-electron chi connectivity index (χ1n) is 11.1. The Morgan fingerprint density at radius 2 is 1.78 bits per heavy atom. The van der Waals surface area contributed by atoms with Crippen molar-refractivity contribution in [3.05, 3.63) is 60.1 Å². The first-order chi connectivity index (χ1) is 15.3. The zero-order chi connectivity index (χ0) is 23.0. The fraction of sp³-hybridized carbons (Fsp3) is 0.458. The van der Waals surface area contributed by atoms with Gasteiger partial charge in [0.2, 0.25) is 15.9 Å². The normalized spacial score (nSPS) is 16.8. The topological polar surface area (TPSA) is 91.7 Å². The summed E-state index contributed by atoms with van der Waals surface area (Å²) >= 11 is 0. The molecule has 1 amide bonds. The Bertz CT molecular complexity index is 988. The molecule has 0 aliphatic heterocycles. The Labute approximate surface area is 190 Å². The van der Waals surface area contributed by atoms with Crippen molar-refractivity contribution in [2.45, 2.75) is 55.5 Å². The smallest absolute Gasteiger partial charge is 0.244 e. The van der Waals surface area contributed by atoms with Gasteiger partial charge in [0.25, 0.3) is 0 Å². The summed E-state index contributed by atoms with van der Waals surface area (Å²) < 4.78 is 32.5. The summed E-state index contributed by atoms with van der Waals surface area (Å²) in [6.07, 6.45) is 11.8. The van der Waals surface area contributed by atoms with Crippen molar-refractivity contribution < 1.29 is 17.6 Å². The Morgan fingerprint density at radius 1 is 1.09 bits per heavy atom. The minimum absolute atomic E-state index is 0.0126. The molecule has 0 atom stereocenters. The molecule has 0 saturated heterocycles. The Balaban J connectivity index is 1.55. The number of sulfonamides is 1. The van der Waals surface area contributed by atoms with Gasteiger partial charge in [0.15, 0.2) is 0 Å². The molecule has 1 fully saturated rings. The summed E-state index contributed by atoms with van der Waals surface area (Å²) in [7, 11) is 0.538. The monoisotopic (exact) mass is 459 g/mol. The lowest BCUT2D eigenvalue weighted by atomic mass is 9.88. The highest BCUT2D eigenvalue weighted by atomic mass is 32.2. The highest BCUT2D eigenvalue weighted by Crippen LogP contribution is 2.30. The maximum atomic E-state index is 12.4. The van der Waals surface area contributed by atoms with Crippen LogP contribution >= 0.6 is 0 Å². The van der Waals surface area contributed by atoms with Crippen LogP contribution in [0.15, 0.2) is 58.1 Å². The van der Waals surface area contributed by atoms with Crippen LogP contribution in [0.2, 0.25) is 0 Å². The Kier molecular flexibility index (Phi) is 8.28. The molecule has 174 valence electrons. The van der Waals surface area contributed by atoms with Gasteiger partial charge in [-0.3, -0.25) is 4.79 Å². The van der Waals surface area contributed by atoms with E-state index < -0.39 is 10.0 Å². The van der Waals surface area contributed by atoms with E-state index in [1.54, 1.807) is 30.3 Å². The fourth-order valence-corrected chi connectivity index (χ4v) is 5.07. The van der Waals surface area contributed by atoms with Crippen LogP contribution in [-0.4, -0.2) is 45.4 Å². The van der Waals surface area contributed by atoms with Crippen LogP contribution in [0.25, 0.3) is 6.08 Å². The van der Waals surface area contributed by atoms with E-state index >= 15 is 0 Å². The molecule has 0 radical (unpaired) electrons. The van der Waals surface area contributed by atoms with Crippen molar-refractivity contribution in [3.8, 4) is 0 Å². The van der Waals surface area contributed by atoms with Gasteiger partial charge in [-0.15, -0.1) is 0 Å². The predicted molar refractivity (Wildman–Crippen MR) is 125 cm³/mol. The fourth-order valence-electron chi connectivity index (χ4n) is 4.07. The molecule has 2 N–H and O–H groups in total. The molecule has 1 saturated carbocycles. The first-order valence-corrected chi connectivity index (χ1v) is 12.5. The number of hydrogen-bond acceptors (Lipinski definition) is 5. The molecule has 1 aliphatic carbocycles. The van der Waals surface area contributed by atoms with E-state index in [9.17, 15) is 13.2 Å². The number of benzene rings is 1. The largest absolute Gasteiger partial charge is 0.468 e. The number of rotatable bonds is 9. The number of carbonyl (C=O) groups is 1. The number of nitrogens with one attached hydrogen (secondary N) is 2. The van der Waals surface area contributed by atoms with Gasteiger partial charge in [0.1, 0.15) is 5.76 Å². The van der Waals surface area contributed by atoms with Crippen LogP contribution in [0.1, 0.15) is 49.8 Å².